The third-order valence-corrected chi connectivity index (χ3v) is 2.71. The SMILES string of the molecule is CC1=C(C)C(C)(N)CCC1=O. The van der Waals surface area contributed by atoms with Gasteiger partial charge in [0.2, 0.25) is 0 Å². The zero-order valence-corrected chi connectivity index (χ0v) is 7.40. The monoisotopic (exact) mass is 153 g/mol. The molecule has 1 atom stereocenters. The van der Waals surface area contributed by atoms with Crippen molar-refractivity contribution in [1.82, 2.24) is 0 Å². The van der Waals surface area contributed by atoms with Gasteiger partial charge in [-0.25, -0.2) is 0 Å². The number of rotatable bonds is 0. The summed E-state index contributed by atoms with van der Waals surface area (Å²) in [7, 11) is 0. The number of nitrogens with two attached hydrogens (primary N) is 1. The van der Waals surface area contributed by atoms with E-state index in [1.54, 1.807) is 0 Å². The van der Waals surface area contributed by atoms with E-state index in [0.29, 0.717) is 6.42 Å². The molecule has 2 N–H and O–H groups in total. The summed E-state index contributed by atoms with van der Waals surface area (Å²) in [5.74, 6) is 0.255. The molecule has 62 valence electrons. The Morgan fingerprint density at radius 2 is 2.00 bits per heavy atom. The van der Waals surface area contributed by atoms with Crippen LogP contribution in [0, 0.1) is 0 Å². The summed E-state index contributed by atoms with van der Waals surface area (Å²) >= 11 is 0. The predicted molar refractivity (Wildman–Crippen MR) is 45.2 cm³/mol. The molecule has 11 heavy (non-hydrogen) atoms. The zero-order chi connectivity index (χ0) is 8.65. The van der Waals surface area contributed by atoms with E-state index in [4.69, 9.17) is 5.73 Å². The lowest BCUT2D eigenvalue weighted by molar-refractivity contribution is -0.116. The molecule has 0 aliphatic heterocycles. The van der Waals surface area contributed by atoms with E-state index in [1.165, 1.54) is 0 Å². The molecule has 0 saturated heterocycles. The average molecular weight is 153 g/mol. The van der Waals surface area contributed by atoms with E-state index in [0.717, 1.165) is 17.6 Å². The van der Waals surface area contributed by atoms with Crippen molar-refractivity contribution < 1.29 is 4.79 Å². The standard InChI is InChI=1S/C9H15NO/c1-6-7(2)9(3,10)5-4-8(6)11/h4-5,10H2,1-3H3. The van der Waals surface area contributed by atoms with E-state index in [9.17, 15) is 4.79 Å². The minimum atomic E-state index is -0.252. The molecule has 0 aromatic heterocycles. The molecule has 0 saturated carbocycles. The fraction of sp³-hybridized carbons (Fsp3) is 0.667. The van der Waals surface area contributed by atoms with Crippen LogP contribution in [0.15, 0.2) is 11.1 Å². The Morgan fingerprint density at radius 1 is 1.45 bits per heavy atom. The highest BCUT2D eigenvalue weighted by Gasteiger charge is 2.29. The quantitative estimate of drug-likeness (QED) is 0.571. The van der Waals surface area contributed by atoms with Crippen LogP contribution >= 0.6 is 0 Å². The molecular weight excluding hydrogens is 138 g/mol. The molecule has 0 bridgehead atoms. The van der Waals surface area contributed by atoms with Crippen molar-refractivity contribution in [3.05, 3.63) is 11.1 Å². The Labute approximate surface area is 67.5 Å². The minimum Gasteiger partial charge on any atom is -0.322 e. The number of carbonyl (C=O) groups is 1. The topological polar surface area (TPSA) is 43.1 Å². The van der Waals surface area contributed by atoms with Gasteiger partial charge in [-0.15, -0.1) is 0 Å². The van der Waals surface area contributed by atoms with Gasteiger partial charge in [-0.3, -0.25) is 4.79 Å². The van der Waals surface area contributed by atoms with Crippen molar-refractivity contribution in [1.29, 1.82) is 0 Å². The second-order valence-corrected chi connectivity index (χ2v) is 3.59. The predicted octanol–water partition coefficient (Wildman–Crippen LogP) is 1.40. The molecule has 2 heteroatoms. The third-order valence-electron chi connectivity index (χ3n) is 2.71. The smallest absolute Gasteiger partial charge is 0.158 e. The number of ketones is 1. The van der Waals surface area contributed by atoms with E-state index in [2.05, 4.69) is 0 Å². The third kappa shape index (κ3) is 1.36. The Balaban J connectivity index is 3.07. The van der Waals surface area contributed by atoms with Crippen LogP contribution in [0.5, 0.6) is 0 Å². The molecule has 0 amide bonds. The Bertz CT molecular complexity index is 226. The number of Topliss-reactive ketones (excluding diaryl/α,β-unsaturated/α-hetero) is 1. The van der Waals surface area contributed by atoms with Gasteiger partial charge in [0.1, 0.15) is 0 Å². The summed E-state index contributed by atoms with van der Waals surface area (Å²) in [4.78, 5) is 11.2. The summed E-state index contributed by atoms with van der Waals surface area (Å²) in [6.45, 7) is 5.80. The maximum atomic E-state index is 11.2. The van der Waals surface area contributed by atoms with Crippen molar-refractivity contribution in [3.8, 4) is 0 Å². The van der Waals surface area contributed by atoms with Crippen LogP contribution in [0.1, 0.15) is 33.6 Å². The van der Waals surface area contributed by atoms with Crippen LogP contribution in [-0.2, 0) is 4.79 Å². The average Bonchev–Trinajstić information content (AvgIpc) is 1.95. The molecule has 1 aliphatic carbocycles. The highest BCUT2D eigenvalue weighted by Crippen LogP contribution is 2.28. The highest BCUT2D eigenvalue weighted by molar-refractivity contribution is 5.96. The molecular formula is C9H15NO. The second kappa shape index (κ2) is 2.45. The maximum absolute atomic E-state index is 11.2. The molecule has 1 rings (SSSR count). The largest absolute Gasteiger partial charge is 0.322 e. The van der Waals surface area contributed by atoms with Crippen LogP contribution in [0.4, 0.5) is 0 Å². The first-order chi connectivity index (χ1) is 4.95. The Hall–Kier alpha value is -0.630. The molecule has 0 aromatic carbocycles. The van der Waals surface area contributed by atoms with Gasteiger partial charge >= 0.3 is 0 Å². The van der Waals surface area contributed by atoms with Gasteiger partial charge in [-0.1, -0.05) is 0 Å². The molecule has 0 heterocycles. The van der Waals surface area contributed by atoms with Crippen LogP contribution in [0.2, 0.25) is 0 Å². The molecule has 0 spiro atoms. The highest BCUT2D eigenvalue weighted by atomic mass is 16.1. The van der Waals surface area contributed by atoms with Crippen LogP contribution in [0.3, 0.4) is 0 Å². The van der Waals surface area contributed by atoms with Gasteiger partial charge in [0.05, 0.1) is 0 Å². The van der Waals surface area contributed by atoms with Gasteiger partial charge in [0.25, 0.3) is 0 Å². The maximum Gasteiger partial charge on any atom is 0.158 e. The summed E-state index contributed by atoms with van der Waals surface area (Å²) < 4.78 is 0. The van der Waals surface area contributed by atoms with Crippen LogP contribution in [0.25, 0.3) is 0 Å². The lowest BCUT2D eigenvalue weighted by Crippen LogP contribution is -2.41. The summed E-state index contributed by atoms with van der Waals surface area (Å²) in [5, 5.41) is 0. The second-order valence-electron chi connectivity index (χ2n) is 3.59. The summed E-state index contributed by atoms with van der Waals surface area (Å²) in [5.41, 5.74) is 7.62. The van der Waals surface area contributed by atoms with Gasteiger partial charge in [0, 0.05) is 12.0 Å². The lowest BCUT2D eigenvalue weighted by Gasteiger charge is -2.31. The normalized spacial score (nSPS) is 32.9. The molecule has 1 aliphatic rings. The summed E-state index contributed by atoms with van der Waals surface area (Å²) in [6, 6.07) is 0. The first-order valence-electron chi connectivity index (χ1n) is 3.95. The van der Waals surface area contributed by atoms with Crippen LogP contribution < -0.4 is 5.73 Å². The molecule has 0 aromatic rings. The van der Waals surface area contributed by atoms with E-state index >= 15 is 0 Å². The molecule has 0 radical (unpaired) electrons. The van der Waals surface area contributed by atoms with Gasteiger partial charge in [-0.05, 0) is 38.3 Å². The first-order valence-corrected chi connectivity index (χ1v) is 3.95. The van der Waals surface area contributed by atoms with Crippen molar-refractivity contribution >= 4 is 5.78 Å². The number of allylic oxidation sites excluding steroid dienone is 1. The lowest BCUT2D eigenvalue weighted by atomic mass is 9.79. The first kappa shape index (κ1) is 8.47. The number of carbonyl (C=O) groups excluding carboxylic acids is 1. The molecule has 1 unspecified atom stereocenters. The van der Waals surface area contributed by atoms with Crippen molar-refractivity contribution in [2.24, 2.45) is 5.73 Å². The van der Waals surface area contributed by atoms with E-state index in [-0.39, 0.29) is 11.3 Å². The fourth-order valence-corrected chi connectivity index (χ4v) is 1.39. The van der Waals surface area contributed by atoms with E-state index < -0.39 is 0 Å². The number of hydrogen-bond donors (Lipinski definition) is 1. The molecule has 0 fully saturated rings. The van der Waals surface area contributed by atoms with Crippen LogP contribution in [-0.4, -0.2) is 11.3 Å². The fourth-order valence-electron chi connectivity index (χ4n) is 1.39. The zero-order valence-electron chi connectivity index (χ0n) is 7.40. The van der Waals surface area contributed by atoms with Crippen molar-refractivity contribution in [2.75, 3.05) is 0 Å². The van der Waals surface area contributed by atoms with Gasteiger partial charge < -0.3 is 5.73 Å². The van der Waals surface area contributed by atoms with Gasteiger partial charge in [0.15, 0.2) is 5.78 Å². The van der Waals surface area contributed by atoms with Gasteiger partial charge in [-0.2, -0.15) is 0 Å². The molecule has 2 nitrogen and oxygen atoms in total. The van der Waals surface area contributed by atoms with E-state index in [1.807, 2.05) is 20.8 Å². The van der Waals surface area contributed by atoms with Crippen molar-refractivity contribution in [2.45, 2.75) is 39.2 Å². The number of hydrogen-bond acceptors (Lipinski definition) is 2. The van der Waals surface area contributed by atoms with Crippen molar-refractivity contribution in [3.63, 3.8) is 0 Å². The minimum absolute atomic E-state index is 0.252. The summed E-state index contributed by atoms with van der Waals surface area (Å²) in [6.07, 6.45) is 1.39. The Kier molecular flexibility index (Phi) is 1.89. The Morgan fingerprint density at radius 3 is 2.45 bits per heavy atom.